The van der Waals surface area contributed by atoms with Crippen LogP contribution >= 0.6 is 22.9 Å². The maximum atomic E-state index is 6.68. The Morgan fingerprint density at radius 1 is 0.886 bits per heavy atom. The van der Waals surface area contributed by atoms with Gasteiger partial charge in [-0.1, -0.05) is 82.6 Å². The molecule has 1 aromatic heterocycles. The summed E-state index contributed by atoms with van der Waals surface area (Å²) < 4.78 is 2.24. The molecule has 0 fully saturated rings. The fourth-order valence-electron chi connectivity index (χ4n) is 4.34. The van der Waals surface area contributed by atoms with Crippen LogP contribution in [0.15, 0.2) is 107 Å². The lowest BCUT2D eigenvalue weighted by Crippen LogP contribution is -2.33. The predicted octanol–water partition coefficient (Wildman–Crippen LogP) is 7.43. The molecular weight excluding hydrogens is 472 g/mol. The molecule has 0 amide bonds. The minimum absolute atomic E-state index is 0.218. The summed E-state index contributed by atoms with van der Waals surface area (Å²) >= 11 is 8.34. The molecule has 0 bridgehead atoms. The van der Waals surface area contributed by atoms with Crippen molar-refractivity contribution in [3.05, 3.63) is 129 Å². The van der Waals surface area contributed by atoms with Gasteiger partial charge in [0.2, 0.25) is 0 Å². The molecule has 0 radical (unpaired) electrons. The van der Waals surface area contributed by atoms with Crippen LogP contribution in [-0.4, -0.2) is 10.4 Å². The van der Waals surface area contributed by atoms with Gasteiger partial charge in [0, 0.05) is 22.5 Å². The zero-order chi connectivity index (χ0) is 23.9. The number of amidine groups is 1. The molecular formula is C29H23ClN4S. The quantitative estimate of drug-likeness (QED) is 0.291. The molecule has 6 rings (SSSR count). The largest absolute Gasteiger partial charge is 0.286 e. The molecule has 6 heteroatoms. The Hall–Kier alpha value is -3.67. The van der Waals surface area contributed by atoms with Crippen LogP contribution in [0.25, 0.3) is 5.69 Å². The van der Waals surface area contributed by atoms with E-state index in [-0.39, 0.29) is 6.04 Å². The summed E-state index contributed by atoms with van der Waals surface area (Å²) in [6.45, 7) is 4.19. The van der Waals surface area contributed by atoms with Gasteiger partial charge in [0.1, 0.15) is 17.7 Å². The molecule has 3 heterocycles. The third kappa shape index (κ3) is 3.97. The van der Waals surface area contributed by atoms with Gasteiger partial charge < -0.3 is 0 Å². The Morgan fingerprint density at radius 3 is 2.34 bits per heavy atom. The van der Waals surface area contributed by atoms with Crippen molar-refractivity contribution >= 4 is 40.3 Å². The van der Waals surface area contributed by atoms with Gasteiger partial charge in [0.25, 0.3) is 0 Å². The highest BCUT2D eigenvalue weighted by Gasteiger charge is 2.34. The molecule has 0 spiro atoms. The van der Waals surface area contributed by atoms with Crippen LogP contribution in [0.1, 0.15) is 27.6 Å². The standard InChI is InChI=1S/C29H23ClN4S/c1-19-10-14-21(15-11-19)31-29-34(22-16-12-20(2)13-17-22)28-27(35-29)26(23-7-3-4-8-24(23)30)32-25-9-5-6-18-33(25)28/h3-18,26H,1-2H3. The van der Waals surface area contributed by atoms with E-state index in [4.69, 9.17) is 21.6 Å². The number of aliphatic imine (C=N–C) groups is 1. The molecule has 4 nitrogen and oxygen atoms in total. The fraction of sp³-hybridized carbons (Fsp3) is 0.103. The first-order valence-electron chi connectivity index (χ1n) is 11.5. The highest BCUT2D eigenvalue weighted by atomic mass is 35.5. The number of hydrogen-bond acceptors (Lipinski definition) is 4. The highest BCUT2D eigenvalue weighted by molar-refractivity contribution is 7.10. The Labute approximate surface area is 213 Å². The topological polar surface area (TPSA) is 32.9 Å². The lowest BCUT2D eigenvalue weighted by atomic mass is 10.0. The van der Waals surface area contributed by atoms with E-state index < -0.39 is 0 Å². The molecule has 3 aromatic carbocycles. The number of nitrogens with zero attached hydrogens (tertiary/aromatic N) is 4. The number of benzene rings is 3. The number of aromatic nitrogens is 1. The molecule has 172 valence electrons. The minimum Gasteiger partial charge on any atom is -0.286 e. The minimum atomic E-state index is -0.218. The number of allylic oxidation sites excluding steroid dienone is 2. The first kappa shape index (κ1) is 21.8. The monoisotopic (exact) mass is 494 g/mol. The fourth-order valence-corrected chi connectivity index (χ4v) is 5.78. The summed E-state index contributed by atoms with van der Waals surface area (Å²) in [4.78, 5) is 14.4. The molecule has 0 saturated carbocycles. The van der Waals surface area contributed by atoms with Crippen molar-refractivity contribution in [1.29, 1.82) is 0 Å². The number of aryl methyl sites for hydroxylation is 2. The molecule has 1 atom stereocenters. The second kappa shape index (κ2) is 8.84. The van der Waals surface area contributed by atoms with Crippen LogP contribution in [-0.2, 0) is 0 Å². The van der Waals surface area contributed by atoms with E-state index in [0.717, 1.165) is 38.3 Å². The van der Waals surface area contributed by atoms with Crippen LogP contribution in [0, 0.1) is 13.8 Å². The first-order chi connectivity index (χ1) is 17.1. The average molecular weight is 495 g/mol. The van der Waals surface area contributed by atoms with Crippen LogP contribution < -0.4 is 9.70 Å². The normalized spacial score (nSPS) is 16.8. The molecule has 0 saturated heterocycles. The Morgan fingerprint density at radius 2 is 1.60 bits per heavy atom. The van der Waals surface area contributed by atoms with Gasteiger partial charge in [0.05, 0.1) is 10.6 Å². The van der Waals surface area contributed by atoms with Crippen molar-refractivity contribution in [2.24, 2.45) is 9.98 Å². The molecule has 2 aliphatic heterocycles. The van der Waals surface area contributed by atoms with Crippen molar-refractivity contribution in [1.82, 2.24) is 4.57 Å². The summed E-state index contributed by atoms with van der Waals surface area (Å²) in [5.74, 6) is 1.92. The van der Waals surface area contributed by atoms with E-state index in [1.54, 1.807) is 11.3 Å². The smallest absolute Gasteiger partial charge is 0.196 e. The maximum Gasteiger partial charge on any atom is 0.196 e. The molecule has 1 unspecified atom stereocenters. The summed E-state index contributed by atoms with van der Waals surface area (Å²) in [6, 6.07) is 24.6. The zero-order valence-electron chi connectivity index (χ0n) is 19.4. The summed E-state index contributed by atoms with van der Waals surface area (Å²) in [6.07, 6.45) is 8.16. The lowest BCUT2D eigenvalue weighted by Gasteiger charge is -2.31. The van der Waals surface area contributed by atoms with Crippen LogP contribution in [0.3, 0.4) is 0 Å². The Bertz CT molecular complexity index is 1570. The van der Waals surface area contributed by atoms with Crippen LogP contribution in [0.2, 0.25) is 5.02 Å². The van der Waals surface area contributed by atoms with E-state index in [1.165, 1.54) is 11.1 Å². The van der Waals surface area contributed by atoms with E-state index in [1.807, 2.05) is 36.4 Å². The van der Waals surface area contributed by atoms with Gasteiger partial charge in [0.15, 0.2) is 4.80 Å². The summed E-state index contributed by atoms with van der Waals surface area (Å²) in [7, 11) is 0. The van der Waals surface area contributed by atoms with Gasteiger partial charge in [-0.05, 0) is 56.3 Å². The van der Waals surface area contributed by atoms with E-state index in [9.17, 15) is 0 Å². The van der Waals surface area contributed by atoms with Crippen molar-refractivity contribution in [3.8, 4) is 5.69 Å². The first-order valence-corrected chi connectivity index (χ1v) is 12.7. The van der Waals surface area contributed by atoms with E-state index >= 15 is 0 Å². The lowest BCUT2D eigenvalue weighted by molar-refractivity contribution is 0.847. The maximum absolute atomic E-state index is 6.68. The van der Waals surface area contributed by atoms with Gasteiger partial charge >= 0.3 is 0 Å². The number of hydrogen-bond donors (Lipinski definition) is 0. The summed E-state index contributed by atoms with van der Waals surface area (Å²) in [5.41, 5.74) is 5.39. The van der Waals surface area contributed by atoms with Gasteiger partial charge in [-0.25, -0.2) is 4.99 Å². The number of fused-ring (bicyclic) bond motifs is 3. The van der Waals surface area contributed by atoms with E-state index in [2.05, 4.69) is 84.1 Å². The molecule has 35 heavy (non-hydrogen) atoms. The highest BCUT2D eigenvalue weighted by Crippen LogP contribution is 2.43. The summed E-state index contributed by atoms with van der Waals surface area (Å²) in [5, 5.41) is 0.712. The SMILES string of the molecule is Cc1ccc(N=c2sc3c(n2-c2ccc(C)cc2)N2C=CC=CC2=NC3c2ccccc2Cl)cc1. The van der Waals surface area contributed by atoms with Gasteiger partial charge in [-0.2, -0.15) is 0 Å². The van der Waals surface area contributed by atoms with E-state index in [0.29, 0.717) is 5.02 Å². The molecule has 4 aromatic rings. The number of thiazole rings is 1. The van der Waals surface area contributed by atoms with Crippen LogP contribution in [0.5, 0.6) is 0 Å². The van der Waals surface area contributed by atoms with Gasteiger partial charge in [-0.15, -0.1) is 0 Å². The molecule has 2 aliphatic rings. The van der Waals surface area contributed by atoms with Crippen molar-refractivity contribution < 1.29 is 0 Å². The molecule has 0 aliphatic carbocycles. The Balaban J connectivity index is 1.66. The average Bonchev–Trinajstić information content (AvgIpc) is 3.25. The van der Waals surface area contributed by atoms with Crippen molar-refractivity contribution in [2.75, 3.05) is 4.90 Å². The number of anilines is 1. The third-order valence-corrected chi connectivity index (χ3v) is 7.58. The Kier molecular flexibility index (Phi) is 5.51. The molecule has 0 N–H and O–H groups in total. The van der Waals surface area contributed by atoms with Crippen molar-refractivity contribution in [3.63, 3.8) is 0 Å². The third-order valence-electron chi connectivity index (χ3n) is 6.15. The number of rotatable bonds is 3. The number of halogens is 1. The van der Waals surface area contributed by atoms with Crippen LogP contribution in [0.4, 0.5) is 11.5 Å². The zero-order valence-corrected chi connectivity index (χ0v) is 21.0. The second-order valence-corrected chi connectivity index (χ2v) is 10.1. The van der Waals surface area contributed by atoms with Crippen molar-refractivity contribution in [2.45, 2.75) is 19.9 Å². The predicted molar refractivity (Wildman–Crippen MR) is 146 cm³/mol. The van der Waals surface area contributed by atoms with Gasteiger partial charge in [-0.3, -0.25) is 14.5 Å². The second-order valence-electron chi connectivity index (χ2n) is 8.67.